The van der Waals surface area contributed by atoms with Crippen molar-refractivity contribution in [1.29, 1.82) is 0 Å². The van der Waals surface area contributed by atoms with Crippen LogP contribution in [0.15, 0.2) is 0 Å². The van der Waals surface area contributed by atoms with Gasteiger partial charge in [-0.1, -0.05) is 12.8 Å². The lowest BCUT2D eigenvalue weighted by atomic mass is 9.85. The van der Waals surface area contributed by atoms with Crippen molar-refractivity contribution in [1.82, 2.24) is 5.32 Å². The summed E-state index contributed by atoms with van der Waals surface area (Å²) >= 11 is 0. The topological polar surface area (TPSA) is 38.0 Å². The van der Waals surface area contributed by atoms with Crippen molar-refractivity contribution in [2.24, 2.45) is 11.7 Å². The molecular weight excluding hydrogens is 124 g/mol. The minimum absolute atomic E-state index is 0.693. The van der Waals surface area contributed by atoms with Gasteiger partial charge in [0.05, 0.1) is 0 Å². The lowest BCUT2D eigenvalue weighted by Gasteiger charge is -2.30. The van der Waals surface area contributed by atoms with Gasteiger partial charge in [-0.3, -0.25) is 0 Å². The Morgan fingerprint density at radius 2 is 2.10 bits per heavy atom. The highest BCUT2D eigenvalue weighted by molar-refractivity contribution is 4.79. The molecule has 0 amide bonds. The number of hydrogen-bond acceptors (Lipinski definition) is 2. The number of hydrogen-bond donors (Lipinski definition) is 2. The molecule has 0 unspecified atom stereocenters. The molecule has 0 aromatic heterocycles. The molecule has 2 heteroatoms. The maximum absolute atomic E-state index is 5.63. The summed E-state index contributed by atoms with van der Waals surface area (Å²) in [7, 11) is 2.04. The molecule has 1 aliphatic carbocycles. The summed E-state index contributed by atoms with van der Waals surface area (Å²) in [6, 6.07) is 0.693. The first kappa shape index (κ1) is 8.02. The predicted octanol–water partition coefficient (Wildman–Crippen LogP) is 0.723. The van der Waals surface area contributed by atoms with Crippen LogP contribution in [0, 0.1) is 5.92 Å². The highest BCUT2D eigenvalue weighted by Crippen LogP contribution is 2.22. The maximum Gasteiger partial charge on any atom is 0.0104 e. The Morgan fingerprint density at radius 3 is 2.60 bits per heavy atom. The van der Waals surface area contributed by atoms with E-state index in [1.54, 1.807) is 0 Å². The molecule has 1 saturated carbocycles. The molecule has 2 nitrogen and oxygen atoms in total. The van der Waals surface area contributed by atoms with E-state index in [1.165, 1.54) is 25.7 Å². The SMILES string of the molecule is CN[C@H]1CCCC[C@H]1CN. The average molecular weight is 142 g/mol. The van der Waals surface area contributed by atoms with E-state index in [4.69, 9.17) is 5.73 Å². The Morgan fingerprint density at radius 1 is 1.40 bits per heavy atom. The third kappa shape index (κ3) is 1.70. The zero-order valence-electron chi connectivity index (χ0n) is 6.77. The fourth-order valence-electron chi connectivity index (χ4n) is 1.87. The van der Waals surface area contributed by atoms with E-state index in [1.807, 2.05) is 7.05 Å². The van der Waals surface area contributed by atoms with E-state index in [-0.39, 0.29) is 0 Å². The van der Waals surface area contributed by atoms with Crippen LogP contribution in [0.2, 0.25) is 0 Å². The van der Waals surface area contributed by atoms with E-state index in [9.17, 15) is 0 Å². The van der Waals surface area contributed by atoms with Gasteiger partial charge in [0.2, 0.25) is 0 Å². The van der Waals surface area contributed by atoms with Crippen molar-refractivity contribution in [3.63, 3.8) is 0 Å². The Labute approximate surface area is 63.2 Å². The van der Waals surface area contributed by atoms with Gasteiger partial charge in [-0.15, -0.1) is 0 Å². The number of nitrogens with two attached hydrogens (primary N) is 1. The molecule has 0 aliphatic heterocycles. The predicted molar refractivity (Wildman–Crippen MR) is 43.9 cm³/mol. The first-order chi connectivity index (χ1) is 4.88. The first-order valence-electron chi connectivity index (χ1n) is 4.26. The van der Waals surface area contributed by atoms with Gasteiger partial charge in [0.25, 0.3) is 0 Å². The third-order valence-electron chi connectivity index (χ3n) is 2.58. The molecule has 10 heavy (non-hydrogen) atoms. The number of rotatable bonds is 2. The Kier molecular flexibility index (Phi) is 3.16. The second-order valence-corrected chi connectivity index (χ2v) is 3.18. The Balaban J connectivity index is 2.34. The van der Waals surface area contributed by atoms with Gasteiger partial charge >= 0.3 is 0 Å². The fourth-order valence-corrected chi connectivity index (χ4v) is 1.87. The van der Waals surface area contributed by atoms with Crippen LogP contribution in [0.5, 0.6) is 0 Å². The lowest BCUT2D eigenvalue weighted by Crippen LogP contribution is -2.39. The van der Waals surface area contributed by atoms with Crippen LogP contribution < -0.4 is 11.1 Å². The Hall–Kier alpha value is -0.0800. The van der Waals surface area contributed by atoms with Gasteiger partial charge in [-0.05, 0) is 32.4 Å². The summed E-state index contributed by atoms with van der Waals surface area (Å²) in [6.45, 7) is 0.853. The van der Waals surface area contributed by atoms with Crippen LogP contribution in [-0.2, 0) is 0 Å². The quantitative estimate of drug-likeness (QED) is 0.596. The minimum Gasteiger partial charge on any atom is -0.330 e. The summed E-state index contributed by atoms with van der Waals surface area (Å²) in [5.74, 6) is 0.735. The minimum atomic E-state index is 0.693. The Bertz CT molecular complexity index is 81.3. The van der Waals surface area contributed by atoms with Gasteiger partial charge < -0.3 is 11.1 Å². The lowest BCUT2D eigenvalue weighted by molar-refractivity contribution is 0.281. The molecule has 3 N–H and O–H groups in total. The molecule has 0 aromatic rings. The van der Waals surface area contributed by atoms with Crippen LogP contribution in [0.25, 0.3) is 0 Å². The van der Waals surface area contributed by atoms with Gasteiger partial charge in [0, 0.05) is 6.04 Å². The van der Waals surface area contributed by atoms with Gasteiger partial charge in [-0.25, -0.2) is 0 Å². The van der Waals surface area contributed by atoms with Crippen molar-refractivity contribution < 1.29 is 0 Å². The molecule has 0 bridgehead atoms. The standard InChI is InChI=1S/C8H18N2/c1-10-8-5-3-2-4-7(8)6-9/h7-8,10H,2-6,9H2,1H3/t7-,8-/m0/s1. The summed E-state index contributed by atoms with van der Waals surface area (Å²) in [6.07, 6.45) is 5.39. The largest absolute Gasteiger partial charge is 0.330 e. The van der Waals surface area contributed by atoms with Crippen LogP contribution in [0.4, 0.5) is 0 Å². The highest BCUT2D eigenvalue weighted by Gasteiger charge is 2.21. The summed E-state index contributed by atoms with van der Waals surface area (Å²) in [4.78, 5) is 0. The smallest absolute Gasteiger partial charge is 0.0104 e. The second kappa shape index (κ2) is 3.94. The normalized spacial score (nSPS) is 34.2. The monoisotopic (exact) mass is 142 g/mol. The van der Waals surface area contributed by atoms with Crippen molar-refractivity contribution in [2.75, 3.05) is 13.6 Å². The van der Waals surface area contributed by atoms with E-state index in [0.717, 1.165) is 12.5 Å². The van der Waals surface area contributed by atoms with E-state index in [0.29, 0.717) is 6.04 Å². The molecule has 2 atom stereocenters. The van der Waals surface area contributed by atoms with Crippen LogP contribution in [-0.4, -0.2) is 19.6 Å². The van der Waals surface area contributed by atoms with Crippen molar-refractivity contribution in [3.8, 4) is 0 Å². The van der Waals surface area contributed by atoms with Crippen LogP contribution >= 0.6 is 0 Å². The molecule has 0 heterocycles. The molecular formula is C8H18N2. The average Bonchev–Trinajstić information content (AvgIpc) is 2.04. The first-order valence-corrected chi connectivity index (χ1v) is 4.26. The summed E-state index contributed by atoms with van der Waals surface area (Å²) < 4.78 is 0. The van der Waals surface area contributed by atoms with Gasteiger partial charge in [0.15, 0.2) is 0 Å². The zero-order valence-corrected chi connectivity index (χ0v) is 6.77. The molecule has 0 radical (unpaired) electrons. The molecule has 1 aliphatic rings. The molecule has 0 aromatic carbocycles. The molecule has 0 saturated heterocycles. The molecule has 60 valence electrons. The maximum atomic E-state index is 5.63. The molecule has 1 fully saturated rings. The van der Waals surface area contributed by atoms with Gasteiger partial charge in [-0.2, -0.15) is 0 Å². The fraction of sp³-hybridized carbons (Fsp3) is 1.00. The van der Waals surface area contributed by atoms with Crippen molar-refractivity contribution >= 4 is 0 Å². The van der Waals surface area contributed by atoms with Gasteiger partial charge in [0.1, 0.15) is 0 Å². The number of nitrogens with one attached hydrogen (secondary N) is 1. The third-order valence-corrected chi connectivity index (χ3v) is 2.58. The highest BCUT2D eigenvalue weighted by atomic mass is 14.9. The second-order valence-electron chi connectivity index (χ2n) is 3.18. The van der Waals surface area contributed by atoms with Crippen molar-refractivity contribution in [2.45, 2.75) is 31.7 Å². The van der Waals surface area contributed by atoms with Crippen molar-refractivity contribution in [3.05, 3.63) is 0 Å². The van der Waals surface area contributed by atoms with E-state index in [2.05, 4.69) is 5.32 Å². The van der Waals surface area contributed by atoms with E-state index < -0.39 is 0 Å². The zero-order chi connectivity index (χ0) is 7.40. The molecule has 0 spiro atoms. The summed E-state index contributed by atoms with van der Waals surface area (Å²) in [5, 5.41) is 3.32. The summed E-state index contributed by atoms with van der Waals surface area (Å²) in [5.41, 5.74) is 5.63. The van der Waals surface area contributed by atoms with Crippen LogP contribution in [0.3, 0.4) is 0 Å². The molecule has 1 rings (SSSR count). The van der Waals surface area contributed by atoms with E-state index >= 15 is 0 Å². The van der Waals surface area contributed by atoms with Crippen LogP contribution in [0.1, 0.15) is 25.7 Å².